The quantitative estimate of drug-likeness (QED) is 0.348. The highest BCUT2D eigenvalue weighted by Crippen LogP contribution is 2.53. The van der Waals surface area contributed by atoms with E-state index in [1.165, 1.54) is 33.7 Å². The molecule has 2 aromatic carbocycles. The average Bonchev–Trinajstić information content (AvgIpc) is 3.37. The molecular formula is C27H18ClFN4O4S2. The first-order valence-corrected chi connectivity index (χ1v) is 13.9. The van der Waals surface area contributed by atoms with Crippen LogP contribution in [0.4, 0.5) is 15.8 Å². The molecule has 0 aliphatic carbocycles. The Kier molecular flexibility index (Phi) is 6.57. The number of thiazole rings is 1. The Bertz CT molecular complexity index is 1660. The molecule has 0 radical (unpaired) electrons. The third kappa shape index (κ3) is 4.56. The zero-order chi connectivity index (χ0) is 27.3. The smallest absolute Gasteiger partial charge is 0.308 e. The van der Waals surface area contributed by atoms with E-state index >= 15 is 0 Å². The normalized spacial score (nSPS) is 20.1. The summed E-state index contributed by atoms with van der Waals surface area (Å²) in [5.41, 5.74) is 1.49. The number of anilines is 2. The van der Waals surface area contributed by atoms with Gasteiger partial charge in [-0.25, -0.2) is 9.29 Å². The molecule has 4 aromatic rings. The van der Waals surface area contributed by atoms with Crippen molar-refractivity contribution in [2.75, 3.05) is 10.2 Å². The van der Waals surface area contributed by atoms with Gasteiger partial charge in [0.05, 0.1) is 16.6 Å². The zero-order valence-electron chi connectivity index (χ0n) is 19.9. The monoisotopic (exact) mass is 580 g/mol. The van der Waals surface area contributed by atoms with E-state index < -0.39 is 34.7 Å². The van der Waals surface area contributed by atoms with E-state index in [2.05, 4.69) is 10.3 Å². The molecule has 0 unspecified atom stereocenters. The molecule has 0 spiro atoms. The van der Waals surface area contributed by atoms with Gasteiger partial charge in [0.15, 0.2) is 0 Å². The van der Waals surface area contributed by atoms with Crippen LogP contribution in [0, 0.1) is 11.7 Å². The number of nitrogens with zero attached hydrogens (tertiary/aromatic N) is 3. The molecule has 2 aromatic heterocycles. The van der Waals surface area contributed by atoms with Crippen LogP contribution in [-0.2, 0) is 20.9 Å². The fourth-order valence-corrected chi connectivity index (χ4v) is 7.80. The Morgan fingerprint density at radius 3 is 2.46 bits per heavy atom. The van der Waals surface area contributed by atoms with Crippen molar-refractivity contribution in [2.24, 2.45) is 5.92 Å². The van der Waals surface area contributed by atoms with Gasteiger partial charge >= 0.3 is 4.87 Å². The molecule has 2 aliphatic heterocycles. The lowest BCUT2D eigenvalue weighted by molar-refractivity contribution is -0.122. The van der Waals surface area contributed by atoms with Crippen molar-refractivity contribution in [3.05, 3.63) is 104 Å². The molecule has 196 valence electrons. The van der Waals surface area contributed by atoms with Gasteiger partial charge < -0.3 is 5.32 Å². The average molecular weight is 581 g/mol. The number of hydrogen-bond acceptors (Lipinski definition) is 7. The van der Waals surface area contributed by atoms with Crippen molar-refractivity contribution in [3.8, 4) is 0 Å². The molecule has 39 heavy (non-hydrogen) atoms. The van der Waals surface area contributed by atoms with E-state index in [-0.39, 0.29) is 17.3 Å². The number of thioether (sulfide) groups is 1. The van der Waals surface area contributed by atoms with Gasteiger partial charge in [0.25, 0.3) is 0 Å². The van der Waals surface area contributed by atoms with Gasteiger partial charge in [-0.2, -0.15) is 0 Å². The Hall–Kier alpha value is -3.80. The molecule has 2 aliphatic rings. The van der Waals surface area contributed by atoms with E-state index in [1.54, 1.807) is 42.7 Å². The number of carbonyl (C=O) groups excluding carboxylic acids is 3. The van der Waals surface area contributed by atoms with Crippen LogP contribution in [0.15, 0.2) is 82.9 Å². The van der Waals surface area contributed by atoms with Gasteiger partial charge in [0, 0.05) is 33.9 Å². The van der Waals surface area contributed by atoms with E-state index in [0.717, 1.165) is 23.1 Å². The second-order valence-corrected chi connectivity index (χ2v) is 11.6. The maximum atomic E-state index is 13.8. The summed E-state index contributed by atoms with van der Waals surface area (Å²) in [5.74, 6) is -3.07. The summed E-state index contributed by atoms with van der Waals surface area (Å²) >= 11 is 8.09. The van der Waals surface area contributed by atoms with Crippen molar-refractivity contribution in [1.82, 2.24) is 9.55 Å². The first-order valence-electron chi connectivity index (χ1n) is 11.8. The number of rotatable bonds is 5. The molecule has 3 amide bonds. The van der Waals surface area contributed by atoms with Crippen LogP contribution in [0.25, 0.3) is 0 Å². The van der Waals surface area contributed by atoms with Crippen LogP contribution >= 0.6 is 34.7 Å². The van der Waals surface area contributed by atoms with Crippen LogP contribution in [0.2, 0.25) is 5.02 Å². The van der Waals surface area contributed by atoms with Crippen LogP contribution in [0.5, 0.6) is 0 Å². The van der Waals surface area contributed by atoms with Gasteiger partial charge in [-0.05, 0) is 60.2 Å². The molecule has 3 atom stereocenters. The molecule has 0 saturated carbocycles. The molecule has 8 nitrogen and oxygen atoms in total. The highest BCUT2D eigenvalue weighted by molar-refractivity contribution is 8.00. The summed E-state index contributed by atoms with van der Waals surface area (Å²) < 4.78 is 14.6. The number of fused-ring (bicyclic) bond motifs is 2. The second-order valence-electron chi connectivity index (χ2n) is 9.00. The van der Waals surface area contributed by atoms with Gasteiger partial charge in [0.2, 0.25) is 17.7 Å². The summed E-state index contributed by atoms with van der Waals surface area (Å²) in [6.45, 7) is -0.310. The van der Waals surface area contributed by atoms with Gasteiger partial charge in [-0.3, -0.25) is 28.7 Å². The second kappa shape index (κ2) is 10.1. The maximum Gasteiger partial charge on any atom is 0.308 e. The Labute approximate surface area is 234 Å². The maximum absolute atomic E-state index is 13.8. The van der Waals surface area contributed by atoms with Crippen molar-refractivity contribution in [1.29, 1.82) is 0 Å². The minimum Gasteiger partial charge on any atom is -0.325 e. The van der Waals surface area contributed by atoms with Crippen molar-refractivity contribution in [3.63, 3.8) is 0 Å². The van der Waals surface area contributed by atoms with Crippen molar-refractivity contribution in [2.45, 2.75) is 22.7 Å². The number of aromatic nitrogens is 2. The Balaban J connectivity index is 1.39. The van der Waals surface area contributed by atoms with Crippen molar-refractivity contribution < 1.29 is 18.8 Å². The number of halogens is 2. The summed E-state index contributed by atoms with van der Waals surface area (Å²) in [7, 11) is 0. The summed E-state index contributed by atoms with van der Waals surface area (Å²) in [5, 5.41) is 2.79. The standard InChI is InChI=1S/C27H18ClFN4O4S2/c28-15-3-9-18(10-4-15)33-24(35)21-20(14-2-1-11-30-12-14)23-26(38-22(21)25(33)36)32(27(37)39-23)13-19(34)31-17-7-5-16(29)6-8-17/h1-12,20-22H,13H2,(H,31,34)/t20-,21-,22+/m0/s1. The number of imide groups is 1. The molecule has 12 heteroatoms. The molecule has 1 saturated heterocycles. The summed E-state index contributed by atoms with van der Waals surface area (Å²) in [6, 6.07) is 15.3. The predicted octanol–water partition coefficient (Wildman–Crippen LogP) is 4.53. The Morgan fingerprint density at radius 1 is 1.03 bits per heavy atom. The molecule has 4 heterocycles. The lowest BCUT2D eigenvalue weighted by Crippen LogP contribution is -2.33. The number of pyridine rings is 1. The Morgan fingerprint density at radius 2 is 1.77 bits per heavy atom. The van der Waals surface area contributed by atoms with E-state index in [9.17, 15) is 23.6 Å². The number of hydrogen-bond donors (Lipinski definition) is 1. The summed E-state index contributed by atoms with van der Waals surface area (Å²) in [6.07, 6.45) is 3.23. The minimum absolute atomic E-state index is 0.310. The predicted molar refractivity (Wildman–Crippen MR) is 147 cm³/mol. The fraction of sp³-hybridized carbons (Fsp3) is 0.148. The van der Waals surface area contributed by atoms with Crippen LogP contribution in [0.1, 0.15) is 16.4 Å². The number of benzene rings is 2. The fourth-order valence-electron chi connectivity index (χ4n) is 4.90. The van der Waals surface area contributed by atoms with Gasteiger partial charge in [0.1, 0.15) is 17.6 Å². The number of carbonyl (C=O) groups is 3. The zero-order valence-corrected chi connectivity index (χ0v) is 22.3. The first-order chi connectivity index (χ1) is 18.8. The van der Waals surface area contributed by atoms with Gasteiger partial charge in [-0.1, -0.05) is 40.8 Å². The van der Waals surface area contributed by atoms with E-state index in [4.69, 9.17) is 11.6 Å². The van der Waals surface area contributed by atoms with Crippen LogP contribution < -0.4 is 15.1 Å². The van der Waals surface area contributed by atoms with E-state index in [1.807, 2.05) is 6.07 Å². The molecule has 1 N–H and O–H groups in total. The van der Waals surface area contributed by atoms with Crippen LogP contribution in [0.3, 0.4) is 0 Å². The van der Waals surface area contributed by atoms with Crippen LogP contribution in [-0.4, -0.2) is 32.5 Å². The highest BCUT2D eigenvalue weighted by Gasteiger charge is 2.56. The molecule has 1 fully saturated rings. The van der Waals surface area contributed by atoms with E-state index in [0.29, 0.717) is 31.9 Å². The number of amides is 3. The molecule has 0 bridgehead atoms. The first kappa shape index (κ1) is 25.5. The third-order valence-corrected chi connectivity index (χ3v) is 9.46. The SMILES string of the molecule is O=C(Cn1c2c(sc1=O)[C@@H](c1cccnc1)[C@@H]1C(=O)N(c3ccc(Cl)cc3)C(=O)[C@@H]1S2)Nc1ccc(F)cc1. The largest absolute Gasteiger partial charge is 0.325 e. The summed E-state index contributed by atoms with van der Waals surface area (Å²) in [4.78, 5) is 59.1. The topological polar surface area (TPSA) is 101 Å². The third-order valence-electron chi connectivity index (χ3n) is 6.61. The molecular weight excluding hydrogens is 563 g/mol. The van der Waals surface area contributed by atoms with Gasteiger partial charge in [-0.15, -0.1) is 0 Å². The highest BCUT2D eigenvalue weighted by atomic mass is 35.5. The minimum atomic E-state index is -0.814. The lowest BCUT2D eigenvalue weighted by atomic mass is 9.84. The lowest BCUT2D eigenvalue weighted by Gasteiger charge is -2.30. The number of nitrogens with one attached hydrogen (secondary N) is 1. The van der Waals surface area contributed by atoms with Crippen molar-refractivity contribution >= 4 is 63.8 Å². The molecule has 6 rings (SSSR count).